The Morgan fingerprint density at radius 2 is 1.07 bits per heavy atom. The van der Waals surface area contributed by atoms with Gasteiger partial charge in [0.25, 0.3) is 0 Å². The van der Waals surface area contributed by atoms with Gasteiger partial charge in [0.15, 0.2) is 0 Å². The molecule has 3 nitrogen and oxygen atoms in total. The lowest BCUT2D eigenvalue weighted by molar-refractivity contribution is 0.104. The predicted molar refractivity (Wildman–Crippen MR) is 120 cm³/mol. The van der Waals surface area contributed by atoms with Gasteiger partial charge in [0.2, 0.25) is 18.2 Å². The van der Waals surface area contributed by atoms with E-state index in [0.717, 1.165) is 0 Å². The summed E-state index contributed by atoms with van der Waals surface area (Å²) in [5.41, 5.74) is -2.51. The highest BCUT2D eigenvalue weighted by Crippen LogP contribution is 2.54. The molecule has 9 heteroatoms. The zero-order valence-corrected chi connectivity index (χ0v) is 19.0. The molecule has 0 bridgehead atoms. The fourth-order valence-corrected chi connectivity index (χ4v) is 6.91. The lowest BCUT2D eigenvalue weighted by Crippen LogP contribution is -2.21. The summed E-state index contributed by atoms with van der Waals surface area (Å²) in [5, 5.41) is -0.109. The molecule has 0 heterocycles. The third-order valence-corrected chi connectivity index (χ3v) is 8.15. The summed E-state index contributed by atoms with van der Waals surface area (Å²) in [6, 6.07) is 14.5. The fourth-order valence-electron chi connectivity index (χ4n) is 2.73. The van der Waals surface area contributed by atoms with Crippen LogP contribution in [0.4, 0.5) is 0 Å². The van der Waals surface area contributed by atoms with Crippen molar-refractivity contribution in [2.24, 2.45) is 0 Å². The number of carbonyl (C=O) groups is 2. The van der Waals surface area contributed by atoms with Crippen molar-refractivity contribution in [3.05, 3.63) is 96.9 Å². The minimum atomic E-state index is -4.48. The molecule has 29 heavy (non-hydrogen) atoms. The normalized spacial score (nSPS) is 13.0. The zero-order chi connectivity index (χ0) is 21.3. The largest absolute Gasteiger partial charge is 0.302 e. The van der Waals surface area contributed by atoms with Crippen LogP contribution in [-0.2, 0) is 4.57 Å². The Labute approximate surface area is 191 Å². The molecular formula is C20H10Cl5O3P. The van der Waals surface area contributed by atoms with Crippen LogP contribution >= 0.6 is 65.1 Å². The maximum atomic E-state index is 14.1. The summed E-state index contributed by atoms with van der Waals surface area (Å²) in [4.78, 5) is 26.9. The topological polar surface area (TPSA) is 51.2 Å². The Morgan fingerprint density at radius 3 is 1.55 bits per heavy atom. The van der Waals surface area contributed by atoms with Gasteiger partial charge in [-0.3, -0.25) is 9.59 Å². The molecule has 0 N–H and O–H groups in total. The van der Waals surface area contributed by atoms with Gasteiger partial charge >= 0.3 is 0 Å². The smallest absolute Gasteiger partial charge is 0.248 e. The first-order valence-corrected chi connectivity index (χ1v) is 11.6. The van der Waals surface area contributed by atoms with Gasteiger partial charge in [0.05, 0.1) is 31.2 Å². The van der Waals surface area contributed by atoms with E-state index < -0.39 is 18.2 Å². The zero-order valence-electron chi connectivity index (χ0n) is 14.3. The highest BCUT2D eigenvalue weighted by molar-refractivity contribution is 8.01. The number of halogens is 5. The van der Waals surface area contributed by atoms with Gasteiger partial charge in [0, 0.05) is 10.3 Å². The highest BCUT2D eigenvalue weighted by Gasteiger charge is 2.45. The van der Waals surface area contributed by atoms with Crippen LogP contribution in [0.5, 0.6) is 0 Å². The van der Waals surface area contributed by atoms with E-state index in [4.69, 9.17) is 58.0 Å². The standard InChI is InChI=1S/C20H10Cl5O3P/c21-11-9-15(24)18(16(25)10-11)20(27)29(28,12-5-2-1-3-6-12)19(26)17-13(22)7-4-8-14(17)23/h1-10H. The summed E-state index contributed by atoms with van der Waals surface area (Å²) < 4.78 is 14.1. The van der Waals surface area contributed by atoms with E-state index in [9.17, 15) is 14.2 Å². The lowest BCUT2D eigenvalue weighted by Gasteiger charge is -2.19. The van der Waals surface area contributed by atoms with E-state index in [1.807, 2.05) is 0 Å². The summed E-state index contributed by atoms with van der Waals surface area (Å²) in [7, 11) is -4.48. The first-order chi connectivity index (χ1) is 13.7. The highest BCUT2D eigenvalue weighted by atomic mass is 35.5. The van der Waals surface area contributed by atoms with Crippen molar-refractivity contribution in [2.45, 2.75) is 0 Å². The first-order valence-electron chi connectivity index (χ1n) is 8.02. The molecule has 0 saturated heterocycles. The second-order valence-corrected chi connectivity index (χ2v) is 10.5. The maximum absolute atomic E-state index is 14.1. The predicted octanol–water partition coefficient (Wildman–Crippen LogP) is 7.62. The molecule has 0 aromatic heterocycles. The summed E-state index contributed by atoms with van der Waals surface area (Å²) in [6.07, 6.45) is 0. The van der Waals surface area contributed by atoms with Crippen LogP contribution < -0.4 is 5.30 Å². The molecule has 0 aliphatic heterocycles. The van der Waals surface area contributed by atoms with Crippen molar-refractivity contribution in [1.82, 2.24) is 0 Å². The maximum Gasteiger partial charge on any atom is 0.248 e. The van der Waals surface area contributed by atoms with Crippen molar-refractivity contribution in [3.63, 3.8) is 0 Å². The molecule has 0 radical (unpaired) electrons. The lowest BCUT2D eigenvalue weighted by atomic mass is 10.2. The summed E-state index contributed by atoms with van der Waals surface area (Å²) in [5.74, 6) is 0. The van der Waals surface area contributed by atoms with Crippen LogP contribution in [0.25, 0.3) is 0 Å². The second kappa shape index (κ2) is 8.81. The van der Waals surface area contributed by atoms with Gasteiger partial charge in [-0.05, 0) is 24.3 Å². The molecule has 3 aromatic rings. The number of rotatable bonds is 5. The second-order valence-electron chi connectivity index (χ2n) is 5.90. The number of carbonyl (C=O) groups excluding carboxylic acids is 2. The Kier molecular flexibility index (Phi) is 6.80. The Balaban J connectivity index is 2.31. The minimum absolute atomic E-state index is 0.00747. The van der Waals surface area contributed by atoms with Crippen molar-refractivity contribution in [3.8, 4) is 0 Å². The quantitative estimate of drug-likeness (QED) is 0.335. The van der Waals surface area contributed by atoms with E-state index in [2.05, 4.69) is 0 Å². The Bertz CT molecular complexity index is 1130. The van der Waals surface area contributed by atoms with Crippen LogP contribution in [0, 0.1) is 0 Å². The molecule has 3 rings (SSSR count). The third kappa shape index (κ3) is 4.14. The van der Waals surface area contributed by atoms with Crippen molar-refractivity contribution in [2.75, 3.05) is 0 Å². The molecule has 0 fully saturated rings. The Hall–Kier alpha value is -1.32. The van der Waals surface area contributed by atoms with Crippen molar-refractivity contribution >= 4 is 81.5 Å². The molecule has 0 spiro atoms. The molecule has 0 aliphatic rings. The van der Waals surface area contributed by atoms with E-state index in [1.165, 1.54) is 42.5 Å². The van der Waals surface area contributed by atoms with Gasteiger partial charge in [-0.2, -0.15) is 0 Å². The van der Waals surface area contributed by atoms with Crippen molar-refractivity contribution in [1.29, 1.82) is 0 Å². The molecule has 1 atom stereocenters. The number of hydrogen-bond acceptors (Lipinski definition) is 3. The van der Waals surface area contributed by atoms with Gasteiger partial charge in [0.1, 0.15) is 0 Å². The molecule has 1 unspecified atom stereocenters. The molecule has 0 saturated carbocycles. The minimum Gasteiger partial charge on any atom is -0.302 e. The van der Waals surface area contributed by atoms with Crippen LogP contribution in [-0.4, -0.2) is 11.0 Å². The average molecular weight is 507 g/mol. The third-order valence-electron chi connectivity index (χ3n) is 4.09. The van der Waals surface area contributed by atoms with Gasteiger partial charge < -0.3 is 4.57 Å². The first kappa shape index (κ1) is 22.4. The van der Waals surface area contributed by atoms with Gasteiger partial charge in [-0.1, -0.05) is 94.4 Å². The van der Waals surface area contributed by atoms with E-state index >= 15 is 0 Å². The Morgan fingerprint density at radius 1 is 0.621 bits per heavy atom. The van der Waals surface area contributed by atoms with E-state index in [0.29, 0.717) is 0 Å². The number of benzene rings is 3. The molecule has 148 valence electrons. The summed E-state index contributed by atoms with van der Waals surface area (Å²) in [6.45, 7) is 0. The molecule has 0 amide bonds. The molecule has 3 aromatic carbocycles. The number of hydrogen-bond donors (Lipinski definition) is 0. The van der Waals surface area contributed by atoms with Crippen molar-refractivity contribution < 1.29 is 14.2 Å². The SMILES string of the molecule is O=C(c1c(Cl)cccc1Cl)P(=O)(C(=O)c1c(Cl)cc(Cl)cc1Cl)c1ccccc1. The summed E-state index contributed by atoms with van der Waals surface area (Å²) >= 11 is 30.5. The molecule has 0 aliphatic carbocycles. The fraction of sp³-hybridized carbons (Fsp3) is 0. The molecular weight excluding hydrogens is 496 g/mol. The van der Waals surface area contributed by atoms with E-state index in [1.54, 1.807) is 18.2 Å². The van der Waals surface area contributed by atoms with Gasteiger partial charge in [-0.15, -0.1) is 0 Å². The van der Waals surface area contributed by atoms with Crippen LogP contribution in [0.1, 0.15) is 20.7 Å². The van der Waals surface area contributed by atoms with Crippen LogP contribution in [0.15, 0.2) is 60.7 Å². The van der Waals surface area contributed by atoms with Gasteiger partial charge in [-0.25, -0.2) is 0 Å². The van der Waals surface area contributed by atoms with Crippen LogP contribution in [0.2, 0.25) is 25.1 Å². The van der Waals surface area contributed by atoms with Crippen LogP contribution in [0.3, 0.4) is 0 Å². The average Bonchev–Trinajstić information content (AvgIpc) is 2.66. The monoisotopic (exact) mass is 504 g/mol. The van der Waals surface area contributed by atoms with E-state index in [-0.39, 0.29) is 41.5 Å².